The number of aromatic nitrogens is 1. The average Bonchev–Trinajstić information content (AvgIpc) is 3.83. The quantitative estimate of drug-likeness (QED) is 0.183. The number of nitrogens with zero attached hydrogens (tertiary/aromatic N) is 2. The van der Waals surface area contributed by atoms with Gasteiger partial charge in [0.25, 0.3) is 0 Å². The highest BCUT2D eigenvalue weighted by molar-refractivity contribution is 7.26. The molecule has 1 aliphatic rings. The van der Waals surface area contributed by atoms with Crippen molar-refractivity contribution in [3.05, 3.63) is 206 Å². The van der Waals surface area contributed by atoms with Crippen molar-refractivity contribution >= 4 is 81.9 Å². The second kappa shape index (κ2) is 13.9. The van der Waals surface area contributed by atoms with Crippen LogP contribution in [0.4, 0.5) is 22.9 Å². The molecule has 0 aliphatic carbocycles. The minimum absolute atomic E-state index is 0.831. The smallest absolute Gasteiger partial charge is 0.137 e. The Morgan fingerprint density at radius 2 is 1.34 bits per heavy atom. The van der Waals surface area contributed by atoms with Crippen LogP contribution in [0, 0.1) is 0 Å². The molecule has 58 heavy (non-hydrogen) atoms. The van der Waals surface area contributed by atoms with Crippen LogP contribution in [0.15, 0.2) is 205 Å². The molecule has 0 unspecified atom stereocenters. The number of benzene rings is 7. The molecule has 4 heterocycles. The standard InChI is InChI=1S/C53H35N3OS/c1-34-13-9-10-30-56(51-23-12-21-45(55-51)38-24-28-49-43(33-38)41-19-6-8-22-48(41)57-49)47-27-26-42-44-32-37(25-29-50(44)58-53(42)52(34)47)36-16-11-17-39(31-36)54-46-20-7-5-18-40(46)35-14-3-2-4-15-35/h2-33,54H,1H2/b13-9-,30-10-. The molecule has 0 fully saturated rings. The Morgan fingerprint density at radius 3 is 2.29 bits per heavy atom. The zero-order chi connectivity index (χ0) is 38.6. The van der Waals surface area contributed by atoms with Gasteiger partial charge in [0.15, 0.2) is 0 Å². The Labute approximate surface area is 340 Å². The third-order valence-electron chi connectivity index (χ3n) is 11.0. The summed E-state index contributed by atoms with van der Waals surface area (Å²) in [5.41, 5.74) is 13.6. The van der Waals surface area contributed by atoms with Gasteiger partial charge < -0.3 is 14.6 Å². The van der Waals surface area contributed by atoms with E-state index in [1.807, 2.05) is 35.6 Å². The fraction of sp³-hybridized carbons (Fsp3) is 0. The van der Waals surface area contributed by atoms with Crippen LogP contribution in [0.5, 0.6) is 0 Å². The lowest BCUT2D eigenvalue weighted by Crippen LogP contribution is -2.13. The minimum Gasteiger partial charge on any atom is -0.456 e. The van der Waals surface area contributed by atoms with Gasteiger partial charge in [-0.1, -0.05) is 116 Å². The molecule has 5 heteroatoms. The molecule has 274 valence electrons. The Kier molecular flexibility index (Phi) is 8.12. The maximum Gasteiger partial charge on any atom is 0.137 e. The van der Waals surface area contributed by atoms with Crippen molar-refractivity contribution in [1.29, 1.82) is 0 Å². The summed E-state index contributed by atoms with van der Waals surface area (Å²) in [4.78, 5) is 7.43. The summed E-state index contributed by atoms with van der Waals surface area (Å²) in [5.74, 6) is 0.831. The van der Waals surface area contributed by atoms with Gasteiger partial charge in [-0.15, -0.1) is 11.3 Å². The topological polar surface area (TPSA) is 41.3 Å². The number of anilines is 4. The summed E-state index contributed by atoms with van der Waals surface area (Å²) in [6.07, 6.45) is 8.31. The highest BCUT2D eigenvalue weighted by Gasteiger charge is 2.21. The van der Waals surface area contributed by atoms with Crippen LogP contribution in [0.1, 0.15) is 5.56 Å². The first-order chi connectivity index (χ1) is 28.6. The normalized spacial score (nSPS) is 13.8. The van der Waals surface area contributed by atoms with Crippen molar-refractivity contribution in [3.8, 4) is 33.5 Å². The van der Waals surface area contributed by atoms with Gasteiger partial charge in [0, 0.05) is 65.2 Å². The zero-order valence-corrected chi connectivity index (χ0v) is 32.2. The van der Waals surface area contributed by atoms with Gasteiger partial charge in [-0.2, -0.15) is 0 Å². The van der Waals surface area contributed by atoms with Crippen LogP contribution in [0.2, 0.25) is 0 Å². The summed E-state index contributed by atoms with van der Waals surface area (Å²) in [5, 5.41) is 8.34. The summed E-state index contributed by atoms with van der Waals surface area (Å²) >= 11 is 1.82. The third-order valence-corrected chi connectivity index (χ3v) is 12.2. The number of fused-ring (bicyclic) bond motifs is 8. The summed E-state index contributed by atoms with van der Waals surface area (Å²) in [6, 6.07) is 59.7. The molecular formula is C53H35N3OS. The van der Waals surface area contributed by atoms with E-state index in [1.165, 1.54) is 36.9 Å². The molecule has 0 spiro atoms. The first-order valence-corrected chi connectivity index (χ1v) is 20.2. The molecule has 1 N–H and O–H groups in total. The summed E-state index contributed by atoms with van der Waals surface area (Å²) in [6.45, 7) is 4.58. The van der Waals surface area contributed by atoms with E-state index in [2.05, 4.69) is 187 Å². The monoisotopic (exact) mass is 761 g/mol. The number of para-hydroxylation sites is 2. The zero-order valence-electron chi connectivity index (χ0n) is 31.4. The lowest BCUT2D eigenvalue weighted by Gasteiger charge is -2.25. The van der Waals surface area contributed by atoms with Crippen LogP contribution in [-0.4, -0.2) is 4.98 Å². The molecule has 0 amide bonds. The van der Waals surface area contributed by atoms with Gasteiger partial charge >= 0.3 is 0 Å². The number of furan rings is 1. The minimum atomic E-state index is 0.831. The fourth-order valence-electron chi connectivity index (χ4n) is 8.19. The van der Waals surface area contributed by atoms with Gasteiger partial charge in [-0.3, -0.25) is 0 Å². The molecule has 4 nitrogen and oxygen atoms in total. The van der Waals surface area contributed by atoms with Gasteiger partial charge in [-0.25, -0.2) is 4.98 Å². The average molecular weight is 762 g/mol. The number of hydrogen-bond donors (Lipinski definition) is 1. The molecule has 0 saturated heterocycles. The van der Waals surface area contributed by atoms with Crippen LogP contribution in [0.25, 0.3) is 81.2 Å². The second-order valence-corrected chi connectivity index (χ2v) is 15.6. The van der Waals surface area contributed by atoms with Crippen LogP contribution < -0.4 is 10.2 Å². The molecule has 11 rings (SSSR count). The van der Waals surface area contributed by atoms with Crippen molar-refractivity contribution in [2.75, 3.05) is 10.2 Å². The molecule has 1 aliphatic heterocycles. The number of thiophene rings is 1. The number of hydrogen-bond acceptors (Lipinski definition) is 5. The van der Waals surface area contributed by atoms with Gasteiger partial charge in [-0.05, 0) is 101 Å². The SMILES string of the molecule is C=C1/C=C\C=C/N(c2cccc(-c3ccc4oc5ccccc5c4c3)n2)c2ccc3c(sc4ccc(-c5cccc(Nc6ccccc6-c6ccccc6)c5)cc43)c21. The van der Waals surface area contributed by atoms with Crippen molar-refractivity contribution < 1.29 is 4.42 Å². The maximum atomic E-state index is 6.11. The molecule has 0 radical (unpaired) electrons. The van der Waals surface area contributed by atoms with E-state index < -0.39 is 0 Å². The Bertz CT molecular complexity index is 3300. The van der Waals surface area contributed by atoms with Gasteiger partial charge in [0.2, 0.25) is 0 Å². The van der Waals surface area contributed by atoms with Crippen molar-refractivity contribution in [2.24, 2.45) is 0 Å². The predicted octanol–water partition coefficient (Wildman–Crippen LogP) is 15.3. The first-order valence-electron chi connectivity index (χ1n) is 19.4. The number of rotatable bonds is 6. The van der Waals surface area contributed by atoms with E-state index in [-0.39, 0.29) is 0 Å². The number of allylic oxidation sites excluding steroid dienone is 4. The highest BCUT2D eigenvalue weighted by Crippen LogP contribution is 2.46. The van der Waals surface area contributed by atoms with Crippen LogP contribution >= 0.6 is 11.3 Å². The molecule has 10 aromatic rings. The molecule has 3 aromatic heterocycles. The lowest BCUT2D eigenvalue weighted by atomic mass is 9.98. The molecule has 7 aromatic carbocycles. The molecule has 0 atom stereocenters. The summed E-state index contributed by atoms with van der Waals surface area (Å²) in [7, 11) is 0. The van der Waals surface area contributed by atoms with Crippen molar-refractivity contribution in [3.63, 3.8) is 0 Å². The third kappa shape index (κ3) is 5.88. The van der Waals surface area contributed by atoms with E-state index in [9.17, 15) is 0 Å². The van der Waals surface area contributed by atoms with Gasteiger partial charge in [0.1, 0.15) is 17.0 Å². The van der Waals surface area contributed by atoms with E-state index in [1.54, 1.807) is 0 Å². The van der Waals surface area contributed by atoms with Gasteiger partial charge in [0.05, 0.1) is 11.4 Å². The number of nitrogens with one attached hydrogen (secondary N) is 1. The molecule has 0 bridgehead atoms. The van der Waals surface area contributed by atoms with E-state index in [0.29, 0.717) is 0 Å². The van der Waals surface area contributed by atoms with E-state index >= 15 is 0 Å². The first kappa shape index (κ1) is 33.8. The van der Waals surface area contributed by atoms with Crippen LogP contribution in [0.3, 0.4) is 0 Å². The Balaban J connectivity index is 0.961. The maximum absolute atomic E-state index is 6.11. The predicted molar refractivity (Wildman–Crippen MR) is 246 cm³/mol. The van der Waals surface area contributed by atoms with E-state index in [0.717, 1.165) is 72.8 Å². The van der Waals surface area contributed by atoms with Crippen LogP contribution in [-0.2, 0) is 0 Å². The lowest BCUT2D eigenvalue weighted by molar-refractivity contribution is 0.669. The van der Waals surface area contributed by atoms with E-state index in [4.69, 9.17) is 9.40 Å². The second-order valence-electron chi connectivity index (χ2n) is 14.6. The number of pyridine rings is 1. The van der Waals surface area contributed by atoms with Crippen molar-refractivity contribution in [1.82, 2.24) is 4.98 Å². The molecular weight excluding hydrogens is 727 g/mol. The largest absolute Gasteiger partial charge is 0.456 e. The van der Waals surface area contributed by atoms with Crippen molar-refractivity contribution in [2.45, 2.75) is 0 Å². The summed E-state index contributed by atoms with van der Waals surface area (Å²) < 4.78 is 8.56. The fourth-order valence-corrected chi connectivity index (χ4v) is 9.45. The Morgan fingerprint density at radius 1 is 0.569 bits per heavy atom. The Hall–Kier alpha value is -7.47. The highest BCUT2D eigenvalue weighted by atomic mass is 32.1. The molecule has 0 saturated carbocycles.